The van der Waals surface area contributed by atoms with E-state index in [9.17, 15) is 4.79 Å². The molecule has 1 unspecified atom stereocenters. The van der Waals surface area contributed by atoms with Crippen LogP contribution in [0.4, 0.5) is 10.5 Å². The van der Waals surface area contributed by atoms with E-state index in [1.165, 1.54) is 12.1 Å². The van der Waals surface area contributed by atoms with Crippen LogP contribution in [0.2, 0.25) is 0 Å². The molecule has 1 N–H and O–H groups in total. The highest BCUT2D eigenvalue weighted by Gasteiger charge is 2.42. The van der Waals surface area contributed by atoms with Crippen LogP contribution in [0.5, 0.6) is 0 Å². The summed E-state index contributed by atoms with van der Waals surface area (Å²) in [6.45, 7) is 5.79. The quantitative estimate of drug-likeness (QED) is 0.889. The average Bonchev–Trinajstić information content (AvgIpc) is 3.30. The molecule has 0 aliphatic carbocycles. The summed E-state index contributed by atoms with van der Waals surface area (Å²) in [4.78, 5) is 23.5. The zero-order valence-electron chi connectivity index (χ0n) is 15.2. The standard InChI is InChI=1S/C19H29N5O/c1-20-16-4-10-23(14-16)18(25)22-11-5-19(6-12-22)7-13-24(15-19)17-2-8-21-9-3-17/h2-3,8-9,16,20H,4-7,10-15H2,1H3. The molecule has 6 heteroatoms. The normalized spacial score (nSPS) is 25.8. The van der Waals surface area contributed by atoms with Crippen LogP contribution in [0.3, 0.4) is 0 Å². The van der Waals surface area contributed by atoms with Gasteiger partial charge in [-0.15, -0.1) is 0 Å². The number of aromatic nitrogens is 1. The second kappa shape index (κ2) is 6.83. The Bertz CT molecular complexity index is 599. The van der Waals surface area contributed by atoms with E-state index >= 15 is 0 Å². The molecule has 6 nitrogen and oxygen atoms in total. The number of nitrogens with zero attached hydrogens (tertiary/aromatic N) is 4. The van der Waals surface area contributed by atoms with Gasteiger partial charge in [-0.1, -0.05) is 0 Å². The van der Waals surface area contributed by atoms with Crippen LogP contribution in [0.1, 0.15) is 25.7 Å². The van der Waals surface area contributed by atoms with E-state index in [-0.39, 0.29) is 6.03 Å². The predicted molar refractivity (Wildman–Crippen MR) is 98.7 cm³/mol. The zero-order valence-corrected chi connectivity index (χ0v) is 15.2. The first-order valence-corrected chi connectivity index (χ1v) is 9.55. The second-order valence-corrected chi connectivity index (χ2v) is 7.87. The Labute approximate surface area is 150 Å². The van der Waals surface area contributed by atoms with Crippen LogP contribution >= 0.6 is 0 Å². The third-order valence-corrected chi connectivity index (χ3v) is 6.43. The molecular weight excluding hydrogens is 314 g/mol. The van der Waals surface area contributed by atoms with Gasteiger partial charge in [0.15, 0.2) is 0 Å². The summed E-state index contributed by atoms with van der Waals surface area (Å²) in [5.41, 5.74) is 1.67. The number of piperidine rings is 1. The van der Waals surface area contributed by atoms with Crippen molar-refractivity contribution >= 4 is 11.7 Å². The summed E-state index contributed by atoms with van der Waals surface area (Å²) in [7, 11) is 1.98. The molecule has 0 aromatic carbocycles. The van der Waals surface area contributed by atoms with Crippen LogP contribution in [0, 0.1) is 5.41 Å². The van der Waals surface area contributed by atoms with E-state index in [2.05, 4.69) is 32.2 Å². The van der Waals surface area contributed by atoms with Gasteiger partial charge < -0.3 is 20.0 Å². The third-order valence-electron chi connectivity index (χ3n) is 6.43. The molecule has 3 aliphatic heterocycles. The lowest BCUT2D eigenvalue weighted by Gasteiger charge is -2.40. The fourth-order valence-corrected chi connectivity index (χ4v) is 4.66. The molecule has 25 heavy (non-hydrogen) atoms. The monoisotopic (exact) mass is 343 g/mol. The molecule has 1 aromatic heterocycles. The minimum atomic E-state index is 0.247. The molecular formula is C19H29N5O. The summed E-state index contributed by atoms with van der Waals surface area (Å²) in [5, 5.41) is 3.29. The van der Waals surface area contributed by atoms with Crippen LogP contribution < -0.4 is 10.2 Å². The van der Waals surface area contributed by atoms with Crippen LogP contribution in [-0.4, -0.2) is 73.2 Å². The van der Waals surface area contributed by atoms with Gasteiger partial charge in [-0.3, -0.25) is 4.98 Å². The highest BCUT2D eigenvalue weighted by atomic mass is 16.2. The van der Waals surface area contributed by atoms with Gasteiger partial charge in [-0.2, -0.15) is 0 Å². The largest absolute Gasteiger partial charge is 0.371 e. The first-order valence-electron chi connectivity index (χ1n) is 9.55. The first-order chi connectivity index (χ1) is 12.2. The molecule has 2 amide bonds. The molecule has 1 atom stereocenters. The van der Waals surface area contributed by atoms with Crippen molar-refractivity contribution in [3.05, 3.63) is 24.5 Å². The fraction of sp³-hybridized carbons (Fsp3) is 0.684. The first kappa shape index (κ1) is 16.6. The topological polar surface area (TPSA) is 51.7 Å². The van der Waals surface area contributed by atoms with Crippen molar-refractivity contribution in [2.45, 2.75) is 31.7 Å². The summed E-state index contributed by atoms with van der Waals surface area (Å²) in [6, 6.07) is 4.91. The second-order valence-electron chi connectivity index (χ2n) is 7.87. The smallest absolute Gasteiger partial charge is 0.320 e. The Hall–Kier alpha value is -1.82. The molecule has 0 saturated carbocycles. The number of carbonyl (C=O) groups excluding carboxylic acids is 1. The Balaban J connectivity index is 1.32. The third kappa shape index (κ3) is 3.32. The number of pyridine rings is 1. The lowest BCUT2D eigenvalue weighted by molar-refractivity contribution is 0.110. The van der Waals surface area contributed by atoms with E-state index in [1.54, 1.807) is 0 Å². The Morgan fingerprint density at radius 1 is 1.12 bits per heavy atom. The van der Waals surface area contributed by atoms with Crippen molar-refractivity contribution < 1.29 is 4.79 Å². The average molecular weight is 343 g/mol. The van der Waals surface area contributed by atoms with Crippen LogP contribution in [0.25, 0.3) is 0 Å². The van der Waals surface area contributed by atoms with E-state index in [1.807, 2.05) is 24.3 Å². The maximum Gasteiger partial charge on any atom is 0.320 e. The van der Waals surface area contributed by atoms with E-state index in [4.69, 9.17) is 0 Å². The zero-order chi connectivity index (χ0) is 17.3. The molecule has 4 rings (SSSR count). The van der Waals surface area contributed by atoms with Crippen molar-refractivity contribution in [1.29, 1.82) is 0 Å². The number of likely N-dealkylation sites (tertiary alicyclic amines) is 2. The molecule has 4 heterocycles. The summed E-state index contributed by atoms with van der Waals surface area (Å²) in [5.74, 6) is 0. The Kier molecular flexibility index (Phi) is 4.54. The highest BCUT2D eigenvalue weighted by molar-refractivity contribution is 5.75. The SMILES string of the molecule is CNC1CCN(C(=O)N2CCC3(CC2)CCN(c2ccncc2)C3)C1. The Morgan fingerprint density at radius 2 is 1.84 bits per heavy atom. The number of anilines is 1. The molecule has 3 fully saturated rings. The highest BCUT2D eigenvalue weighted by Crippen LogP contribution is 2.42. The summed E-state index contributed by atoms with van der Waals surface area (Å²) < 4.78 is 0. The van der Waals surface area contributed by atoms with Gasteiger partial charge in [0.1, 0.15) is 0 Å². The van der Waals surface area contributed by atoms with E-state index < -0.39 is 0 Å². The minimum Gasteiger partial charge on any atom is -0.371 e. The fourth-order valence-electron chi connectivity index (χ4n) is 4.66. The van der Waals surface area contributed by atoms with E-state index in [0.717, 1.165) is 58.5 Å². The minimum absolute atomic E-state index is 0.247. The molecule has 0 bridgehead atoms. The number of hydrogen-bond donors (Lipinski definition) is 1. The molecule has 3 saturated heterocycles. The van der Waals surface area contributed by atoms with Gasteiger partial charge >= 0.3 is 6.03 Å². The van der Waals surface area contributed by atoms with Gasteiger partial charge in [-0.25, -0.2) is 4.79 Å². The lowest BCUT2D eigenvalue weighted by atomic mass is 9.78. The van der Waals surface area contributed by atoms with Crippen LogP contribution in [-0.2, 0) is 0 Å². The number of hydrogen-bond acceptors (Lipinski definition) is 4. The van der Waals surface area contributed by atoms with Gasteiger partial charge in [-0.05, 0) is 50.3 Å². The number of rotatable bonds is 2. The van der Waals surface area contributed by atoms with Crippen LogP contribution in [0.15, 0.2) is 24.5 Å². The van der Waals surface area contributed by atoms with Crippen molar-refractivity contribution in [3.63, 3.8) is 0 Å². The lowest BCUT2D eigenvalue weighted by Crippen LogP contribution is -2.49. The van der Waals surface area contributed by atoms with Gasteiger partial charge in [0.2, 0.25) is 0 Å². The molecule has 1 aromatic rings. The molecule has 3 aliphatic rings. The van der Waals surface area contributed by atoms with Gasteiger partial charge in [0.25, 0.3) is 0 Å². The van der Waals surface area contributed by atoms with Crippen molar-refractivity contribution in [1.82, 2.24) is 20.1 Å². The van der Waals surface area contributed by atoms with E-state index in [0.29, 0.717) is 11.5 Å². The predicted octanol–water partition coefficient (Wildman–Crippen LogP) is 1.79. The van der Waals surface area contributed by atoms with Crippen molar-refractivity contribution in [3.8, 4) is 0 Å². The molecule has 136 valence electrons. The number of likely N-dealkylation sites (N-methyl/N-ethyl adjacent to an activating group) is 1. The molecule has 0 radical (unpaired) electrons. The summed E-state index contributed by atoms with van der Waals surface area (Å²) >= 11 is 0. The number of urea groups is 1. The molecule has 1 spiro atoms. The maximum absolute atomic E-state index is 12.8. The number of amides is 2. The number of nitrogens with one attached hydrogen (secondary N) is 1. The summed E-state index contributed by atoms with van der Waals surface area (Å²) in [6.07, 6.45) is 8.31. The van der Waals surface area contributed by atoms with Crippen molar-refractivity contribution in [2.75, 3.05) is 51.2 Å². The van der Waals surface area contributed by atoms with Gasteiger partial charge in [0.05, 0.1) is 0 Å². The Morgan fingerprint density at radius 3 is 2.52 bits per heavy atom. The number of carbonyl (C=O) groups is 1. The van der Waals surface area contributed by atoms with Gasteiger partial charge in [0, 0.05) is 63.4 Å². The van der Waals surface area contributed by atoms with Crippen molar-refractivity contribution in [2.24, 2.45) is 5.41 Å². The maximum atomic E-state index is 12.8.